The van der Waals surface area contributed by atoms with Crippen molar-refractivity contribution in [3.63, 3.8) is 0 Å². The highest BCUT2D eigenvalue weighted by atomic mass is 32.1. The summed E-state index contributed by atoms with van der Waals surface area (Å²) >= 11 is 1.80. The lowest BCUT2D eigenvalue weighted by Gasteiger charge is -2.29. The van der Waals surface area contributed by atoms with E-state index in [1.54, 1.807) is 11.3 Å². The molecule has 1 aliphatic heterocycles. The first-order valence-electron chi connectivity index (χ1n) is 7.40. The van der Waals surface area contributed by atoms with Crippen LogP contribution in [0.5, 0.6) is 0 Å². The molecular formula is C15H22N2OS. The molecule has 4 heteroatoms. The smallest absolute Gasteiger partial charge is 0.223 e. The molecule has 1 amide bonds. The van der Waals surface area contributed by atoms with Gasteiger partial charge in [0.25, 0.3) is 0 Å². The number of rotatable bonds is 5. The Hall–Kier alpha value is -0.870. The van der Waals surface area contributed by atoms with Crippen LogP contribution in [0.25, 0.3) is 0 Å². The molecule has 0 spiro atoms. The molecule has 1 unspecified atom stereocenters. The van der Waals surface area contributed by atoms with E-state index in [4.69, 9.17) is 0 Å². The van der Waals surface area contributed by atoms with Crippen molar-refractivity contribution < 1.29 is 4.79 Å². The van der Waals surface area contributed by atoms with Crippen LogP contribution in [0.15, 0.2) is 17.5 Å². The first kappa shape index (κ1) is 13.1. The second-order valence-corrected chi connectivity index (χ2v) is 6.63. The molecule has 2 aliphatic rings. The summed E-state index contributed by atoms with van der Waals surface area (Å²) in [7, 11) is 0. The van der Waals surface area contributed by atoms with Crippen LogP contribution in [0.1, 0.15) is 43.0 Å². The third kappa shape index (κ3) is 3.00. The van der Waals surface area contributed by atoms with Crippen molar-refractivity contribution in [1.29, 1.82) is 0 Å². The minimum atomic E-state index is 0.270. The molecule has 1 atom stereocenters. The zero-order valence-corrected chi connectivity index (χ0v) is 12.1. The summed E-state index contributed by atoms with van der Waals surface area (Å²) in [6, 6.07) is 4.69. The van der Waals surface area contributed by atoms with Gasteiger partial charge < -0.3 is 5.32 Å². The van der Waals surface area contributed by atoms with Crippen molar-refractivity contribution in [2.45, 2.75) is 38.1 Å². The molecule has 1 aromatic heterocycles. The van der Waals surface area contributed by atoms with Gasteiger partial charge in [0.1, 0.15) is 0 Å². The number of nitrogens with zero attached hydrogens (tertiary/aromatic N) is 1. The monoisotopic (exact) mass is 278 g/mol. The van der Waals surface area contributed by atoms with Gasteiger partial charge in [-0.1, -0.05) is 12.5 Å². The van der Waals surface area contributed by atoms with Gasteiger partial charge in [-0.15, -0.1) is 11.3 Å². The minimum absolute atomic E-state index is 0.270. The fraction of sp³-hybridized carbons (Fsp3) is 0.667. The van der Waals surface area contributed by atoms with Crippen LogP contribution in [0, 0.1) is 5.92 Å². The number of carbonyl (C=O) groups excluding carboxylic acids is 1. The van der Waals surface area contributed by atoms with E-state index in [0.29, 0.717) is 12.0 Å². The lowest BCUT2D eigenvalue weighted by molar-refractivity contribution is -0.127. The quantitative estimate of drug-likeness (QED) is 0.898. The Kier molecular flexibility index (Phi) is 4.18. The van der Waals surface area contributed by atoms with Crippen molar-refractivity contribution in [2.24, 2.45) is 5.92 Å². The van der Waals surface area contributed by atoms with E-state index in [0.717, 1.165) is 19.4 Å². The van der Waals surface area contributed by atoms with E-state index in [9.17, 15) is 4.79 Å². The highest BCUT2D eigenvalue weighted by molar-refractivity contribution is 7.10. The maximum absolute atomic E-state index is 12.0. The fourth-order valence-electron chi connectivity index (χ4n) is 2.96. The Labute approximate surface area is 119 Å². The molecule has 1 aromatic rings. The Morgan fingerprint density at radius 3 is 2.74 bits per heavy atom. The Morgan fingerprint density at radius 1 is 1.37 bits per heavy atom. The highest BCUT2D eigenvalue weighted by Gasteiger charge is 2.28. The van der Waals surface area contributed by atoms with Crippen LogP contribution < -0.4 is 5.32 Å². The zero-order chi connectivity index (χ0) is 13.1. The molecule has 1 aliphatic carbocycles. The Morgan fingerprint density at radius 2 is 2.16 bits per heavy atom. The van der Waals surface area contributed by atoms with Gasteiger partial charge in [-0.05, 0) is 50.2 Å². The molecule has 0 aromatic carbocycles. The molecule has 104 valence electrons. The van der Waals surface area contributed by atoms with Crippen molar-refractivity contribution in [3.8, 4) is 0 Å². The largest absolute Gasteiger partial charge is 0.354 e. The van der Waals surface area contributed by atoms with E-state index in [-0.39, 0.29) is 5.91 Å². The molecule has 1 N–H and O–H groups in total. The standard InChI is InChI=1S/C15H22N2OS/c18-15(12-5-3-6-12)16-11-13(14-7-4-10-19-14)17-8-1-2-9-17/h4,7,10,12-13H,1-3,5-6,8-9,11H2,(H,16,18). The van der Waals surface area contributed by atoms with Crippen LogP contribution in [-0.4, -0.2) is 30.4 Å². The van der Waals surface area contributed by atoms with Crippen LogP contribution >= 0.6 is 11.3 Å². The van der Waals surface area contributed by atoms with Gasteiger partial charge in [0.05, 0.1) is 6.04 Å². The average Bonchev–Trinajstić information content (AvgIpc) is 2.98. The summed E-state index contributed by atoms with van der Waals surface area (Å²) in [4.78, 5) is 15.9. The number of likely N-dealkylation sites (tertiary alicyclic amines) is 1. The van der Waals surface area contributed by atoms with Gasteiger partial charge in [0, 0.05) is 17.3 Å². The number of nitrogens with one attached hydrogen (secondary N) is 1. The van der Waals surface area contributed by atoms with Crippen LogP contribution in [0.4, 0.5) is 0 Å². The molecule has 3 rings (SSSR count). The van der Waals surface area contributed by atoms with Crippen molar-refractivity contribution in [2.75, 3.05) is 19.6 Å². The second kappa shape index (κ2) is 6.06. The number of amides is 1. The second-order valence-electron chi connectivity index (χ2n) is 5.65. The van der Waals surface area contributed by atoms with E-state index in [1.807, 2.05) is 0 Å². The van der Waals surface area contributed by atoms with Gasteiger partial charge in [0.2, 0.25) is 5.91 Å². The van der Waals surface area contributed by atoms with E-state index >= 15 is 0 Å². The number of thiophene rings is 1. The molecule has 3 nitrogen and oxygen atoms in total. The minimum Gasteiger partial charge on any atom is -0.354 e. The molecule has 19 heavy (non-hydrogen) atoms. The topological polar surface area (TPSA) is 32.3 Å². The summed E-state index contributed by atoms with van der Waals surface area (Å²) in [5.74, 6) is 0.564. The molecule has 1 saturated carbocycles. The maximum atomic E-state index is 12.0. The van der Waals surface area contributed by atoms with Crippen LogP contribution in [0.3, 0.4) is 0 Å². The Bertz CT molecular complexity index is 408. The maximum Gasteiger partial charge on any atom is 0.223 e. The average molecular weight is 278 g/mol. The number of hydrogen-bond donors (Lipinski definition) is 1. The summed E-state index contributed by atoms with van der Waals surface area (Å²) in [6.07, 6.45) is 5.97. The van der Waals surface area contributed by atoms with E-state index in [2.05, 4.69) is 27.7 Å². The fourth-order valence-corrected chi connectivity index (χ4v) is 3.82. The number of hydrogen-bond acceptors (Lipinski definition) is 3. The third-order valence-electron chi connectivity index (χ3n) is 4.40. The molecule has 0 bridgehead atoms. The molecule has 0 radical (unpaired) electrons. The van der Waals surface area contributed by atoms with Gasteiger partial charge in [-0.3, -0.25) is 9.69 Å². The van der Waals surface area contributed by atoms with Crippen LogP contribution in [0.2, 0.25) is 0 Å². The summed E-state index contributed by atoms with van der Waals surface area (Å²) in [5, 5.41) is 5.31. The normalized spacial score (nSPS) is 22.1. The molecular weight excluding hydrogens is 256 g/mol. The SMILES string of the molecule is O=C(NCC(c1cccs1)N1CCCC1)C1CCC1. The lowest BCUT2D eigenvalue weighted by Crippen LogP contribution is -2.40. The lowest BCUT2D eigenvalue weighted by atomic mass is 9.85. The number of carbonyl (C=O) groups is 1. The van der Waals surface area contributed by atoms with E-state index < -0.39 is 0 Å². The van der Waals surface area contributed by atoms with Crippen molar-refractivity contribution >= 4 is 17.2 Å². The van der Waals surface area contributed by atoms with Gasteiger partial charge in [0.15, 0.2) is 0 Å². The van der Waals surface area contributed by atoms with E-state index in [1.165, 1.54) is 37.2 Å². The third-order valence-corrected chi connectivity index (χ3v) is 5.37. The summed E-state index contributed by atoms with van der Waals surface area (Å²) < 4.78 is 0. The predicted octanol–water partition coefficient (Wildman–Crippen LogP) is 2.80. The molecule has 2 heterocycles. The first-order chi connectivity index (χ1) is 9.34. The predicted molar refractivity (Wildman–Crippen MR) is 78.2 cm³/mol. The highest BCUT2D eigenvalue weighted by Crippen LogP contribution is 2.29. The molecule has 1 saturated heterocycles. The van der Waals surface area contributed by atoms with Gasteiger partial charge in [-0.25, -0.2) is 0 Å². The van der Waals surface area contributed by atoms with Crippen LogP contribution in [-0.2, 0) is 4.79 Å². The van der Waals surface area contributed by atoms with Crippen molar-refractivity contribution in [3.05, 3.63) is 22.4 Å². The van der Waals surface area contributed by atoms with Gasteiger partial charge in [-0.2, -0.15) is 0 Å². The zero-order valence-electron chi connectivity index (χ0n) is 11.3. The first-order valence-corrected chi connectivity index (χ1v) is 8.28. The Balaban J connectivity index is 1.60. The van der Waals surface area contributed by atoms with Crippen molar-refractivity contribution in [1.82, 2.24) is 10.2 Å². The van der Waals surface area contributed by atoms with Gasteiger partial charge >= 0.3 is 0 Å². The molecule has 2 fully saturated rings. The summed E-state index contributed by atoms with van der Waals surface area (Å²) in [6.45, 7) is 3.11. The summed E-state index contributed by atoms with van der Waals surface area (Å²) in [5.41, 5.74) is 0.